The molecule has 0 radical (unpaired) electrons. The molecule has 1 fully saturated rings. The first-order valence-corrected chi connectivity index (χ1v) is 6.78. The van der Waals surface area contributed by atoms with Crippen molar-refractivity contribution >= 4 is 29.1 Å². The second kappa shape index (κ2) is 5.05. The first-order valence-electron chi connectivity index (χ1n) is 6.41. The quantitative estimate of drug-likeness (QED) is 0.912. The summed E-state index contributed by atoms with van der Waals surface area (Å²) in [5, 5.41) is 2.70. The fraction of sp³-hybridized carbons (Fsp3) is 0.429. The van der Waals surface area contributed by atoms with Crippen LogP contribution in [0.1, 0.15) is 27.2 Å². The number of anilines is 1. The molecule has 1 aliphatic heterocycles. The standard InChI is InChI=1S/C14H16ClFN2O2/c1-4-14(3)13(20)18(8(2)12(19)17-14)9-5-6-10(15)11(16)7-9/h5-8H,4H2,1-3H3,(H,17,19). The minimum atomic E-state index is -0.973. The lowest BCUT2D eigenvalue weighted by atomic mass is 9.92. The highest BCUT2D eigenvalue weighted by atomic mass is 35.5. The van der Waals surface area contributed by atoms with E-state index < -0.39 is 17.4 Å². The molecule has 4 nitrogen and oxygen atoms in total. The Morgan fingerprint density at radius 2 is 2.10 bits per heavy atom. The van der Waals surface area contributed by atoms with Crippen molar-refractivity contribution in [2.75, 3.05) is 4.90 Å². The van der Waals surface area contributed by atoms with Crippen LogP contribution in [0.15, 0.2) is 18.2 Å². The molecule has 1 heterocycles. The zero-order chi connectivity index (χ0) is 15.1. The molecule has 1 N–H and O–H groups in total. The van der Waals surface area contributed by atoms with Gasteiger partial charge in [0, 0.05) is 5.69 Å². The molecule has 20 heavy (non-hydrogen) atoms. The van der Waals surface area contributed by atoms with E-state index in [1.54, 1.807) is 13.8 Å². The van der Waals surface area contributed by atoms with Gasteiger partial charge in [0.1, 0.15) is 17.4 Å². The van der Waals surface area contributed by atoms with E-state index in [-0.39, 0.29) is 16.8 Å². The van der Waals surface area contributed by atoms with E-state index in [0.29, 0.717) is 12.1 Å². The van der Waals surface area contributed by atoms with Crippen molar-refractivity contribution in [3.63, 3.8) is 0 Å². The molecule has 1 aliphatic rings. The normalized spacial score (nSPS) is 26.6. The Balaban J connectivity index is 2.48. The Kier molecular flexibility index (Phi) is 3.73. The molecule has 0 bridgehead atoms. The first-order chi connectivity index (χ1) is 9.30. The molecule has 0 aromatic heterocycles. The SMILES string of the molecule is CCC1(C)NC(=O)C(C)N(c2ccc(Cl)c(F)c2)C1=O. The molecule has 0 aliphatic carbocycles. The molecule has 108 valence electrons. The summed E-state index contributed by atoms with van der Waals surface area (Å²) >= 11 is 5.65. The van der Waals surface area contributed by atoms with Gasteiger partial charge in [-0.25, -0.2) is 4.39 Å². The second-order valence-electron chi connectivity index (χ2n) is 5.12. The molecule has 2 rings (SSSR count). The number of amides is 2. The molecule has 1 aromatic rings. The minimum absolute atomic E-state index is 0.0198. The van der Waals surface area contributed by atoms with Crippen LogP contribution in [0.3, 0.4) is 0 Å². The van der Waals surface area contributed by atoms with Crippen molar-refractivity contribution in [2.45, 2.75) is 38.8 Å². The topological polar surface area (TPSA) is 49.4 Å². The van der Waals surface area contributed by atoms with Gasteiger partial charge >= 0.3 is 0 Å². The van der Waals surface area contributed by atoms with Crippen molar-refractivity contribution in [3.8, 4) is 0 Å². The molecule has 1 saturated heterocycles. The van der Waals surface area contributed by atoms with Gasteiger partial charge in [0.05, 0.1) is 5.02 Å². The number of hydrogen-bond acceptors (Lipinski definition) is 2. The Hall–Kier alpha value is -1.62. The van der Waals surface area contributed by atoms with E-state index in [9.17, 15) is 14.0 Å². The average Bonchev–Trinajstić information content (AvgIpc) is 2.41. The number of halogens is 2. The van der Waals surface area contributed by atoms with Crippen LogP contribution in [-0.4, -0.2) is 23.4 Å². The van der Waals surface area contributed by atoms with Crippen LogP contribution in [0, 0.1) is 5.82 Å². The Labute approximate surface area is 121 Å². The number of benzene rings is 1. The Bertz CT molecular complexity index is 578. The summed E-state index contributed by atoms with van der Waals surface area (Å²) in [6.45, 7) is 5.09. The number of carbonyl (C=O) groups is 2. The maximum absolute atomic E-state index is 13.6. The summed E-state index contributed by atoms with van der Waals surface area (Å²) in [7, 11) is 0. The summed E-state index contributed by atoms with van der Waals surface area (Å²) in [6, 6.07) is 3.39. The van der Waals surface area contributed by atoms with Crippen molar-refractivity contribution in [3.05, 3.63) is 29.0 Å². The van der Waals surface area contributed by atoms with Crippen molar-refractivity contribution in [1.82, 2.24) is 5.32 Å². The highest BCUT2D eigenvalue weighted by molar-refractivity contribution is 6.30. The fourth-order valence-corrected chi connectivity index (χ4v) is 2.32. The van der Waals surface area contributed by atoms with E-state index in [0.717, 1.165) is 0 Å². The van der Waals surface area contributed by atoms with Gasteiger partial charge in [-0.1, -0.05) is 18.5 Å². The van der Waals surface area contributed by atoms with Gasteiger partial charge in [0.2, 0.25) is 5.91 Å². The maximum atomic E-state index is 13.6. The van der Waals surface area contributed by atoms with Crippen LogP contribution < -0.4 is 10.2 Å². The highest BCUT2D eigenvalue weighted by Crippen LogP contribution is 2.29. The first kappa shape index (κ1) is 14.8. The van der Waals surface area contributed by atoms with E-state index in [4.69, 9.17) is 11.6 Å². The maximum Gasteiger partial charge on any atom is 0.253 e. The third-order valence-corrected chi connectivity index (χ3v) is 4.05. The minimum Gasteiger partial charge on any atom is -0.340 e. The van der Waals surface area contributed by atoms with Crippen LogP contribution in [0.4, 0.5) is 10.1 Å². The van der Waals surface area contributed by atoms with Gasteiger partial charge in [-0.3, -0.25) is 14.5 Å². The molecular weight excluding hydrogens is 283 g/mol. The lowest BCUT2D eigenvalue weighted by Gasteiger charge is -2.42. The van der Waals surface area contributed by atoms with Crippen LogP contribution >= 0.6 is 11.6 Å². The number of carbonyl (C=O) groups excluding carboxylic acids is 2. The zero-order valence-corrected chi connectivity index (χ0v) is 12.3. The summed E-state index contributed by atoms with van der Waals surface area (Å²) in [4.78, 5) is 25.9. The van der Waals surface area contributed by atoms with Gasteiger partial charge in [-0.2, -0.15) is 0 Å². The van der Waals surface area contributed by atoms with Crippen molar-refractivity contribution in [1.29, 1.82) is 0 Å². The predicted octanol–water partition coefficient (Wildman–Crippen LogP) is 2.50. The average molecular weight is 299 g/mol. The number of nitrogens with one attached hydrogen (secondary N) is 1. The number of piperazine rings is 1. The molecular formula is C14H16ClFN2O2. The van der Waals surface area contributed by atoms with Gasteiger partial charge in [-0.05, 0) is 38.5 Å². The van der Waals surface area contributed by atoms with Crippen LogP contribution in [0.2, 0.25) is 5.02 Å². The predicted molar refractivity (Wildman–Crippen MR) is 75.2 cm³/mol. The Morgan fingerprint density at radius 3 is 2.65 bits per heavy atom. The number of rotatable bonds is 2. The van der Waals surface area contributed by atoms with Crippen LogP contribution in [0.25, 0.3) is 0 Å². The van der Waals surface area contributed by atoms with Gasteiger partial charge in [0.25, 0.3) is 5.91 Å². The molecule has 2 amide bonds. The largest absolute Gasteiger partial charge is 0.340 e. The van der Waals surface area contributed by atoms with Gasteiger partial charge in [-0.15, -0.1) is 0 Å². The monoisotopic (exact) mass is 298 g/mol. The third-order valence-electron chi connectivity index (χ3n) is 3.75. The van der Waals surface area contributed by atoms with E-state index in [1.807, 2.05) is 6.92 Å². The zero-order valence-electron chi connectivity index (χ0n) is 11.5. The molecule has 0 saturated carbocycles. The van der Waals surface area contributed by atoms with Crippen molar-refractivity contribution in [2.24, 2.45) is 0 Å². The molecule has 6 heteroatoms. The van der Waals surface area contributed by atoms with Crippen molar-refractivity contribution < 1.29 is 14.0 Å². The van der Waals surface area contributed by atoms with E-state index in [1.165, 1.54) is 23.1 Å². The highest BCUT2D eigenvalue weighted by Gasteiger charge is 2.46. The smallest absolute Gasteiger partial charge is 0.253 e. The van der Waals surface area contributed by atoms with Crippen LogP contribution in [-0.2, 0) is 9.59 Å². The summed E-state index contributed by atoms with van der Waals surface area (Å²) < 4.78 is 13.6. The summed E-state index contributed by atoms with van der Waals surface area (Å²) in [6.07, 6.45) is 0.455. The summed E-state index contributed by atoms with van der Waals surface area (Å²) in [5.41, 5.74) is -0.640. The van der Waals surface area contributed by atoms with Gasteiger partial charge < -0.3 is 5.32 Å². The van der Waals surface area contributed by atoms with E-state index >= 15 is 0 Å². The Morgan fingerprint density at radius 1 is 1.45 bits per heavy atom. The molecule has 2 unspecified atom stereocenters. The molecule has 1 aromatic carbocycles. The number of nitrogens with zero attached hydrogens (tertiary/aromatic N) is 1. The molecule has 0 spiro atoms. The lowest BCUT2D eigenvalue weighted by molar-refractivity contribution is -0.137. The third kappa shape index (κ3) is 2.26. The lowest BCUT2D eigenvalue weighted by Crippen LogP contribution is -2.68. The summed E-state index contributed by atoms with van der Waals surface area (Å²) in [5.74, 6) is -1.13. The number of hydrogen-bond donors (Lipinski definition) is 1. The fourth-order valence-electron chi connectivity index (χ4n) is 2.20. The van der Waals surface area contributed by atoms with Crippen LogP contribution in [0.5, 0.6) is 0 Å². The molecule has 2 atom stereocenters. The second-order valence-corrected chi connectivity index (χ2v) is 5.53. The van der Waals surface area contributed by atoms with E-state index in [2.05, 4.69) is 5.32 Å². The van der Waals surface area contributed by atoms with Gasteiger partial charge in [0.15, 0.2) is 0 Å².